The van der Waals surface area contributed by atoms with Crippen molar-refractivity contribution in [1.82, 2.24) is 9.97 Å². The lowest BCUT2D eigenvalue weighted by molar-refractivity contribution is -0.116. The Labute approximate surface area is 180 Å². The minimum atomic E-state index is -0.190. The van der Waals surface area contributed by atoms with Crippen LogP contribution in [0.2, 0.25) is 0 Å². The molecule has 0 aliphatic rings. The normalized spacial score (nSPS) is 11.3. The average molecular weight is 423 g/mol. The second-order valence-electron chi connectivity index (χ2n) is 7.94. The highest BCUT2D eigenvalue weighted by molar-refractivity contribution is 8.00. The van der Waals surface area contributed by atoms with Gasteiger partial charge in [-0.1, -0.05) is 63.7 Å². The molecule has 2 amide bonds. The van der Waals surface area contributed by atoms with Crippen molar-refractivity contribution in [2.24, 2.45) is 0 Å². The fourth-order valence-corrected chi connectivity index (χ4v) is 3.57. The molecule has 7 heteroatoms. The molecule has 0 radical (unpaired) electrons. The number of rotatable bonds is 6. The first-order chi connectivity index (χ1) is 14.3. The summed E-state index contributed by atoms with van der Waals surface area (Å²) < 4.78 is 0. The zero-order valence-electron chi connectivity index (χ0n) is 17.7. The van der Waals surface area contributed by atoms with Gasteiger partial charge in [0.05, 0.1) is 11.3 Å². The molecule has 30 heavy (non-hydrogen) atoms. The molecule has 0 fully saturated rings. The van der Waals surface area contributed by atoms with E-state index in [1.807, 2.05) is 24.3 Å². The number of aromatic nitrogens is 2. The highest BCUT2D eigenvalue weighted by atomic mass is 32.2. The van der Waals surface area contributed by atoms with Crippen LogP contribution in [0.15, 0.2) is 53.6 Å². The lowest BCUT2D eigenvalue weighted by Gasteiger charge is -2.18. The lowest BCUT2D eigenvalue weighted by Crippen LogP contribution is -2.17. The van der Waals surface area contributed by atoms with Crippen LogP contribution >= 0.6 is 11.8 Å². The molecule has 0 aliphatic carbocycles. The Morgan fingerprint density at radius 2 is 1.60 bits per heavy atom. The first-order valence-corrected chi connectivity index (χ1v) is 10.8. The van der Waals surface area contributed by atoms with E-state index in [0.717, 1.165) is 21.8 Å². The molecule has 1 heterocycles. The Kier molecular flexibility index (Phi) is 6.72. The second kappa shape index (κ2) is 9.26. The first kappa shape index (κ1) is 21.8. The number of carbonyl (C=O) groups excluding carboxylic acids is 2. The number of hydrogen-bond acceptors (Lipinski definition) is 5. The summed E-state index contributed by atoms with van der Waals surface area (Å²) in [5, 5.41) is 7.41. The maximum Gasteiger partial charge on any atom is 0.234 e. The fourth-order valence-electron chi connectivity index (χ4n) is 2.75. The third-order valence-corrected chi connectivity index (χ3v) is 5.32. The van der Waals surface area contributed by atoms with Gasteiger partial charge < -0.3 is 10.6 Å². The van der Waals surface area contributed by atoms with Gasteiger partial charge in [-0.25, -0.2) is 9.97 Å². The van der Waals surface area contributed by atoms with Gasteiger partial charge in [0.15, 0.2) is 0 Å². The predicted molar refractivity (Wildman–Crippen MR) is 123 cm³/mol. The van der Waals surface area contributed by atoms with E-state index in [1.54, 1.807) is 31.2 Å². The Bertz CT molecular complexity index is 1080. The van der Waals surface area contributed by atoms with E-state index < -0.39 is 0 Å². The summed E-state index contributed by atoms with van der Waals surface area (Å²) in [5.41, 5.74) is 1.98. The molecule has 0 saturated heterocycles. The number of fused-ring (bicyclic) bond motifs is 1. The maximum atomic E-state index is 12.5. The van der Waals surface area contributed by atoms with Gasteiger partial charge in [-0.05, 0) is 24.3 Å². The van der Waals surface area contributed by atoms with Crippen molar-refractivity contribution in [3.8, 4) is 0 Å². The van der Waals surface area contributed by atoms with Crippen molar-refractivity contribution < 1.29 is 9.59 Å². The quantitative estimate of drug-likeness (QED) is 0.431. The molecular formula is C23H26N4O2S. The molecular weight excluding hydrogens is 396 g/mol. The molecule has 6 nitrogen and oxygen atoms in total. The summed E-state index contributed by atoms with van der Waals surface area (Å²) >= 11 is 1.39. The summed E-state index contributed by atoms with van der Waals surface area (Å²) in [6, 6.07) is 15.0. The van der Waals surface area contributed by atoms with Crippen LogP contribution in [0.5, 0.6) is 0 Å². The second-order valence-corrected chi connectivity index (χ2v) is 8.90. The van der Waals surface area contributed by atoms with E-state index >= 15 is 0 Å². The van der Waals surface area contributed by atoms with E-state index in [4.69, 9.17) is 4.98 Å². The highest BCUT2D eigenvalue weighted by Gasteiger charge is 2.20. The van der Waals surface area contributed by atoms with Crippen LogP contribution in [0.1, 0.15) is 39.9 Å². The average Bonchev–Trinajstić information content (AvgIpc) is 2.71. The Balaban J connectivity index is 1.73. The number of nitrogens with one attached hydrogen (secondary N) is 2. The Morgan fingerprint density at radius 1 is 0.933 bits per heavy atom. The summed E-state index contributed by atoms with van der Waals surface area (Å²) in [4.78, 5) is 33.5. The molecule has 2 aromatic carbocycles. The molecule has 0 atom stereocenters. The van der Waals surface area contributed by atoms with Crippen molar-refractivity contribution in [2.45, 2.75) is 44.6 Å². The summed E-state index contributed by atoms with van der Waals surface area (Å²) in [6.07, 6.45) is 0.399. The summed E-state index contributed by atoms with van der Waals surface area (Å²) in [5.74, 6) is 0.762. The zero-order valence-corrected chi connectivity index (χ0v) is 18.5. The molecule has 0 aliphatic heterocycles. The summed E-state index contributed by atoms with van der Waals surface area (Å²) in [7, 11) is 0. The topological polar surface area (TPSA) is 84.0 Å². The van der Waals surface area contributed by atoms with Crippen molar-refractivity contribution >= 4 is 45.9 Å². The lowest BCUT2D eigenvalue weighted by atomic mass is 9.95. The predicted octanol–water partition coefficient (Wildman–Crippen LogP) is 5.01. The van der Waals surface area contributed by atoms with Crippen molar-refractivity contribution in [3.63, 3.8) is 0 Å². The minimum Gasteiger partial charge on any atom is -0.326 e. The number of thioether (sulfide) groups is 1. The van der Waals surface area contributed by atoms with Gasteiger partial charge in [0.1, 0.15) is 10.9 Å². The monoisotopic (exact) mass is 422 g/mol. The smallest absolute Gasteiger partial charge is 0.234 e. The number of anilines is 2. The van der Waals surface area contributed by atoms with E-state index in [9.17, 15) is 9.59 Å². The van der Waals surface area contributed by atoms with Crippen LogP contribution < -0.4 is 10.6 Å². The van der Waals surface area contributed by atoms with Crippen LogP contribution in [0, 0.1) is 0 Å². The first-order valence-electron chi connectivity index (χ1n) is 9.86. The summed E-state index contributed by atoms with van der Waals surface area (Å²) in [6.45, 7) is 8.01. The van der Waals surface area contributed by atoms with Crippen molar-refractivity contribution in [2.75, 3.05) is 16.4 Å². The van der Waals surface area contributed by atoms with Gasteiger partial charge in [0.2, 0.25) is 11.8 Å². The number of nitrogens with zero attached hydrogens (tertiary/aromatic N) is 2. The highest BCUT2D eigenvalue weighted by Crippen LogP contribution is 2.29. The Morgan fingerprint density at radius 3 is 2.27 bits per heavy atom. The van der Waals surface area contributed by atoms with Crippen LogP contribution in [-0.2, 0) is 15.0 Å². The molecule has 0 unspecified atom stereocenters. The number of hydrogen-bond donors (Lipinski definition) is 2. The van der Waals surface area contributed by atoms with Crippen molar-refractivity contribution in [1.29, 1.82) is 0 Å². The van der Waals surface area contributed by atoms with E-state index in [1.165, 1.54) is 11.8 Å². The molecule has 1 aromatic heterocycles. The largest absolute Gasteiger partial charge is 0.326 e. The molecule has 3 rings (SSSR count). The maximum absolute atomic E-state index is 12.5. The Hall–Kier alpha value is -2.93. The molecule has 2 N–H and O–H groups in total. The molecule has 0 bridgehead atoms. The van der Waals surface area contributed by atoms with Gasteiger partial charge >= 0.3 is 0 Å². The van der Waals surface area contributed by atoms with Gasteiger partial charge in [0.25, 0.3) is 0 Å². The van der Waals surface area contributed by atoms with Crippen LogP contribution in [0.25, 0.3) is 10.9 Å². The van der Waals surface area contributed by atoms with Crippen molar-refractivity contribution in [3.05, 3.63) is 54.4 Å². The van der Waals surface area contributed by atoms with E-state index in [-0.39, 0.29) is 23.0 Å². The number of benzene rings is 2. The third-order valence-electron chi connectivity index (χ3n) is 4.33. The minimum absolute atomic E-state index is 0.0701. The van der Waals surface area contributed by atoms with E-state index in [0.29, 0.717) is 17.8 Å². The van der Waals surface area contributed by atoms with Crippen LogP contribution in [-0.4, -0.2) is 27.5 Å². The van der Waals surface area contributed by atoms with E-state index in [2.05, 4.69) is 36.4 Å². The van der Waals surface area contributed by atoms with Crippen LogP contribution in [0.3, 0.4) is 0 Å². The SMILES string of the molecule is CCC(=O)Nc1cccc(NC(=O)CSc2nc(C(C)(C)C)nc3ccccc23)c1. The van der Waals surface area contributed by atoms with Gasteiger partial charge in [0, 0.05) is 28.6 Å². The molecule has 3 aromatic rings. The molecule has 156 valence electrons. The zero-order chi connectivity index (χ0) is 21.7. The third kappa shape index (κ3) is 5.57. The van der Waals surface area contributed by atoms with Gasteiger partial charge in [-0.2, -0.15) is 0 Å². The standard InChI is InChI=1S/C23H26N4O2S/c1-5-19(28)24-15-9-8-10-16(13-15)25-20(29)14-30-21-17-11-6-7-12-18(17)26-22(27-21)23(2,3)4/h6-13H,5,14H2,1-4H3,(H,24,28)(H,25,29). The van der Waals surface area contributed by atoms with Gasteiger partial charge in [-0.3, -0.25) is 9.59 Å². The number of amides is 2. The molecule has 0 spiro atoms. The number of para-hydroxylation sites is 1. The fraction of sp³-hybridized carbons (Fsp3) is 0.304. The number of carbonyl (C=O) groups is 2. The molecule has 0 saturated carbocycles. The van der Waals surface area contributed by atoms with Crippen LogP contribution in [0.4, 0.5) is 11.4 Å². The van der Waals surface area contributed by atoms with Gasteiger partial charge in [-0.15, -0.1) is 0 Å².